The molecule has 0 radical (unpaired) electrons. The summed E-state index contributed by atoms with van der Waals surface area (Å²) in [6.45, 7) is 5.45. The first-order valence-electron chi connectivity index (χ1n) is 6.09. The van der Waals surface area contributed by atoms with Crippen LogP contribution in [-0.2, 0) is 6.61 Å². The molecule has 0 saturated carbocycles. The standard InChI is InChI=1S/C15H23NO/c1-5-15(12(2)10-16(3)4)14-8-6-7-13(9-14)11-17/h5-9,12,17H,10-11H2,1-4H3/t12-/m0/s1. The van der Waals surface area contributed by atoms with Gasteiger partial charge in [0.25, 0.3) is 0 Å². The molecule has 0 saturated heterocycles. The Hall–Kier alpha value is -1.12. The van der Waals surface area contributed by atoms with Gasteiger partial charge in [-0.1, -0.05) is 31.2 Å². The van der Waals surface area contributed by atoms with Crippen molar-refractivity contribution in [3.05, 3.63) is 41.5 Å². The molecule has 0 unspecified atom stereocenters. The zero-order valence-corrected chi connectivity index (χ0v) is 11.3. The molecule has 0 amide bonds. The first-order valence-corrected chi connectivity index (χ1v) is 6.09. The quantitative estimate of drug-likeness (QED) is 0.845. The third kappa shape index (κ3) is 3.99. The maximum atomic E-state index is 9.17. The van der Waals surface area contributed by atoms with E-state index < -0.39 is 0 Å². The monoisotopic (exact) mass is 233 g/mol. The molecule has 1 N–H and O–H groups in total. The number of aliphatic hydroxyl groups excluding tert-OH is 1. The van der Waals surface area contributed by atoms with Crippen LogP contribution in [0.1, 0.15) is 25.0 Å². The molecule has 0 aliphatic carbocycles. The van der Waals surface area contributed by atoms with E-state index in [1.165, 1.54) is 11.1 Å². The lowest BCUT2D eigenvalue weighted by Crippen LogP contribution is -2.20. The lowest BCUT2D eigenvalue weighted by atomic mass is 9.92. The molecule has 1 rings (SSSR count). The molecule has 0 spiro atoms. The van der Waals surface area contributed by atoms with E-state index in [0.717, 1.165) is 12.1 Å². The van der Waals surface area contributed by atoms with Crippen LogP contribution in [-0.4, -0.2) is 30.6 Å². The highest BCUT2D eigenvalue weighted by molar-refractivity contribution is 5.67. The molecule has 2 nitrogen and oxygen atoms in total. The average Bonchev–Trinajstić information content (AvgIpc) is 2.29. The average molecular weight is 233 g/mol. The van der Waals surface area contributed by atoms with Crippen molar-refractivity contribution in [2.45, 2.75) is 20.5 Å². The molecule has 0 heterocycles. The summed E-state index contributed by atoms with van der Waals surface area (Å²) in [7, 11) is 4.18. The molecule has 0 bridgehead atoms. The van der Waals surface area contributed by atoms with Crippen molar-refractivity contribution >= 4 is 5.57 Å². The number of hydrogen-bond donors (Lipinski definition) is 1. The summed E-state index contributed by atoms with van der Waals surface area (Å²) in [4.78, 5) is 2.20. The van der Waals surface area contributed by atoms with Crippen molar-refractivity contribution in [2.24, 2.45) is 5.92 Å². The Balaban J connectivity index is 2.93. The molecular formula is C15H23NO. The minimum atomic E-state index is 0.104. The molecule has 94 valence electrons. The van der Waals surface area contributed by atoms with E-state index in [2.05, 4.69) is 51.1 Å². The van der Waals surface area contributed by atoms with Crippen LogP contribution in [0.3, 0.4) is 0 Å². The maximum absolute atomic E-state index is 9.17. The molecule has 0 fully saturated rings. The van der Waals surface area contributed by atoms with Crippen molar-refractivity contribution < 1.29 is 5.11 Å². The SMILES string of the molecule is CC=C(c1cccc(CO)c1)[C@@H](C)CN(C)C. The summed E-state index contributed by atoms with van der Waals surface area (Å²) >= 11 is 0. The fourth-order valence-electron chi connectivity index (χ4n) is 2.23. The molecule has 1 aromatic rings. The van der Waals surface area contributed by atoms with Crippen molar-refractivity contribution in [1.29, 1.82) is 0 Å². The van der Waals surface area contributed by atoms with Crippen molar-refractivity contribution in [3.63, 3.8) is 0 Å². The van der Waals surface area contributed by atoms with Gasteiger partial charge in [0.2, 0.25) is 0 Å². The maximum Gasteiger partial charge on any atom is 0.0682 e. The van der Waals surface area contributed by atoms with Gasteiger partial charge in [-0.25, -0.2) is 0 Å². The van der Waals surface area contributed by atoms with Gasteiger partial charge in [0.1, 0.15) is 0 Å². The van der Waals surface area contributed by atoms with E-state index in [9.17, 15) is 5.11 Å². The zero-order valence-electron chi connectivity index (χ0n) is 11.3. The summed E-state index contributed by atoms with van der Waals surface area (Å²) in [5.74, 6) is 0.490. The molecule has 1 aromatic carbocycles. The Labute approximate surface area is 105 Å². The van der Waals surface area contributed by atoms with Crippen LogP contribution in [0.15, 0.2) is 30.3 Å². The van der Waals surface area contributed by atoms with Gasteiger partial charge in [0.05, 0.1) is 6.61 Å². The third-order valence-electron chi connectivity index (χ3n) is 2.92. The Morgan fingerprint density at radius 2 is 2.12 bits per heavy atom. The summed E-state index contributed by atoms with van der Waals surface area (Å²) in [5, 5.41) is 9.17. The largest absolute Gasteiger partial charge is 0.392 e. The normalized spacial score (nSPS) is 14.1. The molecular weight excluding hydrogens is 210 g/mol. The number of rotatable bonds is 5. The highest BCUT2D eigenvalue weighted by atomic mass is 16.3. The smallest absolute Gasteiger partial charge is 0.0682 e. The van der Waals surface area contributed by atoms with E-state index in [1.54, 1.807) is 0 Å². The predicted molar refractivity (Wildman–Crippen MR) is 73.7 cm³/mol. The van der Waals surface area contributed by atoms with Crippen LogP contribution in [0, 0.1) is 5.92 Å². The number of nitrogens with zero attached hydrogens (tertiary/aromatic N) is 1. The van der Waals surface area contributed by atoms with E-state index in [4.69, 9.17) is 0 Å². The summed E-state index contributed by atoms with van der Waals surface area (Å²) in [6, 6.07) is 8.14. The van der Waals surface area contributed by atoms with E-state index in [1.807, 2.05) is 12.1 Å². The Morgan fingerprint density at radius 1 is 1.41 bits per heavy atom. The van der Waals surface area contributed by atoms with Crippen LogP contribution >= 0.6 is 0 Å². The van der Waals surface area contributed by atoms with Gasteiger partial charge in [-0.2, -0.15) is 0 Å². The van der Waals surface area contributed by atoms with E-state index in [-0.39, 0.29) is 6.61 Å². The summed E-state index contributed by atoms with van der Waals surface area (Å²) < 4.78 is 0. The Bertz CT molecular complexity index is 382. The van der Waals surface area contributed by atoms with Crippen LogP contribution in [0.4, 0.5) is 0 Å². The molecule has 0 aliphatic rings. The number of aliphatic hydroxyl groups is 1. The molecule has 1 atom stereocenters. The topological polar surface area (TPSA) is 23.5 Å². The van der Waals surface area contributed by atoms with Gasteiger partial charge in [0.15, 0.2) is 0 Å². The molecule has 0 aliphatic heterocycles. The fourth-order valence-corrected chi connectivity index (χ4v) is 2.23. The molecule has 2 heteroatoms. The second-order valence-electron chi connectivity index (χ2n) is 4.77. The Kier molecular flexibility index (Phi) is 5.39. The van der Waals surface area contributed by atoms with Crippen LogP contribution in [0.25, 0.3) is 5.57 Å². The minimum Gasteiger partial charge on any atom is -0.392 e. The van der Waals surface area contributed by atoms with Gasteiger partial charge in [-0.15, -0.1) is 0 Å². The highest BCUT2D eigenvalue weighted by Crippen LogP contribution is 2.24. The van der Waals surface area contributed by atoms with E-state index >= 15 is 0 Å². The van der Waals surface area contributed by atoms with Gasteiger partial charge in [-0.3, -0.25) is 0 Å². The van der Waals surface area contributed by atoms with Gasteiger partial charge in [-0.05, 0) is 49.7 Å². The predicted octanol–water partition coefficient (Wildman–Crippen LogP) is 2.78. The second kappa shape index (κ2) is 6.58. The lowest BCUT2D eigenvalue weighted by Gasteiger charge is -2.20. The lowest BCUT2D eigenvalue weighted by molar-refractivity contribution is 0.282. The van der Waals surface area contributed by atoms with Crippen molar-refractivity contribution in [1.82, 2.24) is 4.90 Å². The van der Waals surface area contributed by atoms with Gasteiger partial charge in [0, 0.05) is 6.54 Å². The van der Waals surface area contributed by atoms with E-state index in [0.29, 0.717) is 5.92 Å². The zero-order chi connectivity index (χ0) is 12.8. The van der Waals surface area contributed by atoms with Crippen molar-refractivity contribution in [2.75, 3.05) is 20.6 Å². The first kappa shape index (κ1) is 13.9. The highest BCUT2D eigenvalue weighted by Gasteiger charge is 2.11. The van der Waals surface area contributed by atoms with Gasteiger partial charge < -0.3 is 10.0 Å². The Morgan fingerprint density at radius 3 is 2.65 bits per heavy atom. The molecule has 17 heavy (non-hydrogen) atoms. The van der Waals surface area contributed by atoms with Crippen molar-refractivity contribution in [3.8, 4) is 0 Å². The van der Waals surface area contributed by atoms with Crippen LogP contribution in [0.2, 0.25) is 0 Å². The number of hydrogen-bond acceptors (Lipinski definition) is 2. The summed E-state index contributed by atoms with van der Waals surface area (Å²) in [6.07, 6.45) is 2.17. The van der Waals surface area contributed by atoms with Crippen LogP contribution < -0.4 is 0 Å². The van der Waals surface area contributed by atoms with Gasteiger partial charge >= 0.3 is 0 Å². The number of benzene rings is 1. The second-order valence-corrected chi connectivity index (χ2v) is 4.77. The minimum absolute atomic E-state index is 0.104. The first-order chi connectivity index (χ1) is 8.08. The third-order valence-corrected chi connectivity index (χ3v) is 2.92. The molecule has 0 aromatic heterocycles. The van der Waals surface area contributed by atoms with Crippen LogP contribution in [0.5, 0.6) is 0 Å². The summed E-state index contributed by atoms with van der Waals surface area (Å²) in [5.41, 5.74) is 3.53. The number of allylic oxidation sites excluding steroid dienone is 1. The fraction of sp³-hybridized carbons (Fsp3) is 0.467.